The van der Waals surface area contributed by atoms with Crippen LogP contribution in [0, 0.1) is 0 Å². The van der Waals surface area contributed by atoms with Crippen LogP contribution in [0.5, 0.6) is 0 Å². The second-order valence-corrected chi connectivity index (χ2v) is 7.29. The van der Waals surface area contributed by atoms with Crippen LogP contribution in [0.4, 0.5) is 5.69 Å². The number of aromatic nitrogens is 2. The molecular formula is C20H19BrN4O. The second kappa shape index (κ2) is 7.33. The first-order chi connectivity index (χ1) is 12.7. The zero-order valence-electron chi connectivity index (χ0n) is 14.2. The fraction of sp³-hybridized carbons (Fsp3) is 0.200. The van der Waals surface area contributed by atoms with Gasteiger partial charge in [0.15, 0.2) is 5.69 Å². The molecule has 1 aromatic heterocycles. The van der Waals surface area contributed by atoms with Crippen molar-refractivity contribution in [1.29, 1.82) is 0 Å². The van der Waals surface area contributed by atoms with E-state index in [0.717, 1.165) is 28.8 Å². The lowest BCUT2D eigenvalue weighted by Crippen LogP contribution is -2.31. The predicted molar refractivity (Wildman–Crippen MR) is 106 cm³/mol. The van der Waals surface area contributed by atoms with Gasteiger partial charge in [-0.15, -0.1) is 0 Å². The average molecular weight is 411 g/mol. The molecule has 2 aromatic carbocycles. The van der Waals surface area contributed by atoms with Crippen molar-refractivity contribution >= 4 is 27.5 Å². The summed E-state index contributed by atoms with van der Waals surface area (Å²) in [7, 11) is 0. The van der Waals surface area contributed by atoms with E-state index in [1.54, 1.807) is 10.7 Å². The van der Waals surface area contributed by atoms with Crippen molar-refractivity contribution in [3.63, 3.8) is 0 Å². The molecule has 5 nitrogen and oxygen atoms in total. The molecule has 6 heteroatoms. The van der Waals surface area contributed by atoms with Crippen LogP contribution in [0.3, 0.4) is 0 Å². The zero-order chi connectivity index (χ0) is 17.9. The first kappa shape index (κ1) is 16.8. The number of amides is 1. The molecule has 4 rings (SSSR count). The lowest BCUT2D eigenvalue weighted by molar-refractivity contribution is 0.0785. The van der Waals surface area contributed by atoms with Crippen molar-refractivity contribution in [2.45, 2.75) is 12.5 Å². The molecule has 0 bridgehead atoms. The van der Waals surface area contributed by atoms with Gasteiger partial charge in [0.1, 0.15) is 0 Å². The van der Waals surface area contributed by atoms with E-state index in [0.29, 0.717) is 12.2 Å². The van der Waals surface area contributed by atoms with Gasteiger partial charge < -0.3 is 10.2 Å². The lowest BCUT2D eigenvalue weighted by atomic mass is 10.2. The number of nitrogens with one attached hydrogen (secondary N) is 1. The zero-order valence-corrected chi connectivity index (χ0v) is 15.8. The quantitative estimate of drug-likeness (QED) is 0.707. The van der Waals surface area contributed by atoms with Crippen molar-refractivity contribution in [1.82, 2.24) is 14.7 Å². The Kier molecular flexibility index (Phi) is 4.75. The summed E-state index contributed by atoms with van der Waals surface area (Å²) < 4.78 is 2.71. The number of rotatable bonds is 4. The van der Waals surface area contributed by atoms with Gasteiger partial charge in [-0.3, -0.25) is 4.79 Å². The highest BCUT2D eigenvalue weighted by atomic mass is 79.9. The van der Waals surface area contributed by atoms with Gasteiger partial charge >= 0.3 is 0 Å². The first-order valence-corrected chi connectivity index (χ1v) is 9.41. The van der Waals surface area contributed by atoms with Crippen LogP contribution < -0.4 is 5.32 Å². The van der Waals surface area contributed by atoms with Gasteiger partial charge in [-0.2, -0.15) is 5.10 Å². The van der Waals surface area contributed by atoms with E-state index in [1.807, 2.05) is 65.7 Å². The van der Waals surface area contributed by atoms with Crippen molar-refractivity contribution in [3.05, 3.63) is 77.0 Å². The number of likely N-dealkylation sites (tertiary alicyclic amines) is 1. The fourth-order valence-electron chi connectivity index (χ4n) is 3.20. The van der Waals surface area contributed by atoms with Crippen LogP contribution in [0.2, 0.25) is 0 Å². The van der Waals surface area contributed by atoms with Crippen molar-refractivity contribution in [2.24, 2.45) is 0 Å². The molecule has 132 valence electrons. The number of halogens is 1. The third kappa shape index (κ3) is 3.65. The predicted octanol–water partition coefficient (Wildman–Crippen LogP) is 3.96. The molecule has 0 aliphatic carbocycles. The molecule has 1 aliphatic rings. The molecule has 1 saturated heterocycles. The summed E-state index contributed by atoms with van der Waals surface area (Å²) in [4.78, 5) is 14.6. The van der Waals surface area contributed by atoms with Gasteiger partial charge in [0.25, 0.3) is 5.91 Å². The molecular weight excluding hydrogens is 392 g/mol. The van der Waals surface area contributed by atoms with Crippen LogP contribution in [0.25, 0.3) is 5.69 Å². The molecule has 1 fully saturated rings. The molecule has 2 heterocycles. The standard InChI is InChI=1S/C20H19BrN4O/c21-15-5-4-8-18(13-15)25-12-10-19(23-25)20(26)24-11-9-17(14-24)22-16-6-2-1-3-7-16/h1-8,10,12-13,17,22H,9,11,14H2/t17-/m0/s1. The summed E-state index contributed by atoms with van der Waals surface area (Å²) in [5.41, 5.74) is 2.49. The number of nitrogens with zero attached hydrogens (tertiary/aromatic N) is 3. The monoisotopic (exact) mass is 410 g/mol. The summed E-state index contributed by atoms with van der Waals surface area (Å²) in [6.45, 7) is 1.44. The van der Waals surface area contributed by atoms with Gasteiger partial charge in [-0.05, 0) is 42.8 Å². The second-order valence-electron chi connectivity index (χ2n) is 6.37. The molecule has 0 radical (unpaired) electrons. The highest BCUT2D eigenvalue weighted by Gasteiger charge is 2.28. The Morgan fingerprint density at radius 1 is 1.12 bits per heavy atom. The Morgan fingerprint density at radius 2 is 1.96 bits per heavy atom. The van der Waals surface area contributed by atoms with Gasteiger partial charge in [-0.25, -0.2) is 4.68 Å². The first-order valence-electron chi connectivity index (χ1n) is 8.61. The molecule has 1 amide bonds. The van der Waals surface area contributed by atoms with E-state index in [9.17, 15) is 4.79 Å². The Morgan fingerprint density at radius 3 is 2.77 bits per heavy atom. The van der Waals surface area contributed by atoms with Gasteiger partial charge in [-0.1, -0.05) is 40.2 Å². The Labute approximate surface area is 160 Å². The molecule has 0 saturated carbocycles. The molecule has 26 heavy (non-hydrogen) atoms. The number of anilines is 1. The number of carbonyl (C=O) groups excluding carboxylic acids is 1. The SMILES string of the molecule is O=C(c1ccn(-c2cccc(Br)c2)n1)N1CC[C@H](Nc2ccccc2)C1. The third-order valence-electron chi connectivity index (χ3n) is 4.50. The maximum atomic E-state index is 12.8. The number of carbonyl (C=O) groups is 1. The summed E-state index contributed by atoms with van der Waals surface area (Å²) in [5, 5.41) is 7.95. The van der Waals surface area contributed by atoms with E-state index >= 15 is 0 Å². The summed E-state index contributed by atoms with van der Waals surface area (Å²) >= 11 is 3.46. The molecule has 0 unspecified atom stereocenters. The Balaban J connectivity index is 1.42. The van der Waals surface area contributed by atoms with Gasteiger partial charge in [0.2, 0.25) is 0 Å². The van der Waals surface area contributed by atoms with E-state index in [4.69, 9.17) is 0 Å². The average Bonchev–Trinajstić information content (AvgIpc) is 3.32. The minimum absolute atomic E-state index is 0.0175. The minimum Gasteiger partial charge on any atom is -0.380 e. The van der Waals surface area contributed by atoms with Crippen LogP contribution in [0.1, 0.15) is 16.9 Å². The maximum Gasteiger partial charge on any atom is 0.274 e. The highest BCUT2D eigenvalue weighted by Crippen LogP contribution is 2.19. The largest absolute Gasteiger partial charge is 0.380 e. The van der Waals surface area contributed by atoms with Crippen molar-refractivity contribution in [2.75, 3.05) is 18.4 Å². The number of benzene rings is 2. The van der Waals surface area contributed by atoms with Crippen LogP contribution in [0.15, 0.2) is 71.3 Å². The van der Waals surface area contributed by atoms with Crippen LogP contribution in [-0.2, 0) is 0 Å². The van der Waals surface area contributed by atoms with E-state index in [-0.39, 0.29) is 11.9 Å². The van der Waals surface area contributed by atoms with Crippen molar-refractivity contribution < 1.29 is 4.79 Å². The molecule has 0 spiro atoms. The molecule has 1 aliphatic heterocycles. The topological polar surface area (TPSA) is 50.2 Å². The normalized spacial score (nSPS) is 16.7. The highest BCUT2D eigenvalue weighted by molar-refractivity contribution is 9.10. The Hall–Kier alpha value is -2.60. The third-order valence-corrected chi connectivity index (χ3v) is 4.99. The number of hydrogen-bond donors (Lipinski definition) is 1. The number of para-hydroxylation sites is 1. The Bertz CT molecular complexity index is 909. The molecule has 3 aromatic rings. The minimum atomic E-state index is -0.0175. The summed E-state index contributed by atoms with van der Waals surface area (Å²) in [6.07, 6.45) is 2.76. The molecule has 1 N–H and O–H groups in total. The molecule has 1 atom stereocenters. The lowest BCUT2D eigenvalue weighted by Gasteiger charge is -2.16. The van der Waals surface area contributed by atoms with Crippen LogP contribution in [-0.4, -0.2) is 39.7 Å². The van der Waals surface area contributed by atoms with E-state index in [1.165, 1.54) is 0 Å². The maximum absolute atomic E-state index is 12.8. The van der Waals surface area contributed by atoms with E-state index < -0.39 is 0 Å². The number of hydrogen-bond acceptors (Lipinski definition) is 3. The smallest absolute Gasteiger partial charge is 0.274 e. The summed E-state index contributed by atoms with van der Waals surface area (Å²) in [6, 6.07) is 20.0. The summed E-state index contributed by atoms with van der Waals surface area (Å²) in [5.74, 6) is -0.0175. The van der Waals surface area contributed by atoms with Crippen molar-refractivity contribution in [3.8, 4) is 5.69 Å². The van der Waals surface area contributed by atoms with Gasteiger partial charge in [0.05, 0.1) is 5.69 Å². The van der Waals surface area contributed by atoms with Gasteiger partial charge in [0, 0.05) is 35.5 Å². The van der Waals surface area contributed by atoms with Crippen LogP contribution >= 0.6 is 15.9 Å². The fourth-order valence-corrected chi connectivity index (χ4v) is 3.58. The van der Waals surface area contributed by atoms with E-state index in [2.05, 4.69) is 26.3 Å².